The van der Waals surface area contributed by atoms with E-state index in [1.807, 2.05) is 0 Å². The largest absolute Gasteiger partial charge is 0.388 e. The summed E-state index contributed by atoms with van der Waals surface area (Å²) in [4.78, 5) is 12.1. The lowest BCUT2D eigenvalue weighted by Crippen LogP contribution is -2.50. The van der Waals surface area contributed by atoms with Crippen molar-refractivity contribution in [2.24, 2.45) is 0 Å². The van der Waals surface area contributed by atoms with E-state index in [1.165, 1.54) is 11.8 Å². The SMILES string of the molecule is CC(=O)N1CCCC(O)C1O. The third-order valence-electron chi connectivity index (χ3n) is 1.97. The van der Waals surface area contributed by atoms with Crippen LogP contribution >= 0.6 is 0 Å². The van der Waals surface area contributed by atoms with E-state index in [1.54, 1.807) is 0 Å². The Balaban J connectivity index is 2.58. The van der Waals surface area contributed by atoms with Crippen LogP contribution in [0.2, 0.25) is 0 Å². The predicted molar refractivity (Wildman–Crippen MR) is 38.6 cm³/mol. The zero-order valence-electron chi connectivity index (χ0n) is 6.53. The van der Waals surface area contributed by atoms with Gasteiger partial charge >= 0.3 is 0 Å². The van der Waals surface area contributed by atoms with Gasteiger partial charge in [-0.2, -0.15) is 0 Å². The molecule has 0 radical (unpaired) electrons. The third kappa shape index (κ3) is 1.70. The van der Waals surface area contributed by atoms with Gasteiger partial charge in [0.05, 0.1) is 6.10 Å². The molecular weight excluding hydrogens is 146 g/mol. The van der Waals surface area contributed by atoms with E-state index >= 15 is 0 Å². The molecule has 2 N–H and O–H groups in total. The zero-order chi connectivity index (χ0) is 8.43. The highest BCUT2D eigenvalue weighted by molar-refractivity contribution is 5.73. The summed E-state index contributed by atoms with van der Waals surface area (Å²) in [5.41, 5.74) is 0. The number of piperidine rings is 1. The molecule has 11 heavy (non-hydrogen) atoms. The molecule has 1 aliphatic rings. The normalized spacial score (nSPS) is 32.1. The maximum atomic E-state index is 10.8. The quantitative estimate of drug-likeness (QED) is 0.491. The second-order valence-corrected chi connectivity index (χ2v) is 2.84. The summed E-state index contributed by atoms with van der Waals surface area (Å²) in [5.74, 6) is -0.184. The number of carbonyl (C=O) groups is 1. The summed E-state index contributed by atoms with van der Waals surface area (Å²) >= 11 is 0. The summed E-state index contributed by atoms with van der Waals surface area (Å²) in [6.07, 6.45) is -0.433. The van der Waals surface area contributed by atoms with Crippen molar-refractivity contribution in [3.8, 4) is 0 Å². The number of amides is 1. The average molecular weight is 159 g/mol. The van der Waals surface area contributed by atoms with Gasteiger partial charge in [-0.05, 0) is 12.8 Å². The highest BCUT2D eigenvalue weighted by Gasteiger charge is 2.29. The van der Waals surface area contributed by atoms with E-state index in [0.29, 0.717) is 13.0 Å². The van der Waals surface area contributed by atoms with Crippen molar-refractivity contribution in [3.05, 3.63) is 0 Å². The molecule has 1 saturated heterocycles. The van der Waals surface area contributed by atoms with Crippen LogP contribution in [0.1, 0.15) is 19.8 Å². The first kappa shape index (κ1) is 8.49. The first-order chi connectivity index (χ1) is 5.13. The lowest BCUT2D eigenvalue weighted by molar-refractivity contribution is -0.154. The fourth-order valence-electron chi connectivity index (χ4n) is 1.30. The topological polar surface area (TPSA) is 60.8 Å². The molecule has 4 nitrogen and oxygen atoms in total. The molecule has 1 heterocycles. The fourth-order valence-corrected chi connectivity index (χ4v) is 1.30. The van der Waals surface area contributed by atoms with Crippen LogP contribution in [-0.2, 0) is 4.79 Å². The molecule has 64 valence electrons. The van der Waals surface area contributed by atoms with E-state index in [4.69, 9.17) is 5.11 Å². The average Bonchev–Trinajstić information content (AvgIpc) is 1.94. The van der Waals surface area contributed by atoms with Gasteiger partial charge in [0.1, 0.15) is 0 Å². The molecule has 1 rings (SSSR count). The standard InChI is InChI=1S/C7H13NO3/c1-5(9)8-4-2-3-6(10)7(8)11/h6-7,10-11H,2-4H2,1H3. The van der Waals surface area contributed by atoms with Crippen LogP contribution in [0.15, 0.2) is 0 Å². The van der Waals surface area contributed by atoms with E-state index in [9.17, 15) is 9.90 Å². The lowest BCUT2D eigenvalue weighted by Gasteiger charge is -2.34. The molecule has 0 aromatic carbocycles. The minimum Gasteiger partial charge on any atom is -0.388 e. The summed E-state index contributed by atoms with van der Waals surface area (Å²) in [7, 11) is 0. The number of hydrogen-bond donors (Lipinski definition) is 2. The second kappa shape index (κ2) is 3.19. The van der Waals surface area contributed by atoms with Crippen molar-refractivity contribution < 1.29 is 15.0 Å². The smallest absolute Gasteiger partial charge is 0.221 e. The van der Waals surface area contributed by atoms with Gasteiger partial charge in [0, 0.05) is 13.5 Å². The molecule has 0 aromatic rings. The van der Waals surface area contributed by atoms with Gasteiger partial charge in [0.2, 0.25) is 5.91 Å². The molecule has 0 spiro atoms. The second-order valence-electron chi connectivity index (χ2n) is 2.84. The highest BCUT2D eigenvalue weighted by atomic mass is 16.3. The van der Waals surface area contributed by atoms with E-state index in [-0.39, 0.29) is 5.91 Å². The minimum atomic E-state index is -0.999. The maximum absolute atomic E-state index is 10.8. The molecule has 1 amide bonds. The van der Waals surface area contributed by atoms with Crippen LogP contribution in [0, 0.1) is 0 Å². The van der Waals surface area contributed by atoms with Crippen molar-refractivity contribution in [1.82, 2.24) is 4.90 Å². The summed E-state index contributed by atoms with van der Waals surface area (Å²) in [5, 5.41) is 18.4. The van der Waals surface area contributed by atoms with E-state index in [2.05, 4.69) is 0 Å². The molecule has 0 bridgehead atoms. The Morgan fingerprint density at radius 2 is 2.18 bits per heavy atom. The van der Waals surface area contributed by atoms with Gasteiger partial charge in [-0.1, -0.05) is 0 Å². The Labute approximate surface area is 65.4 Å². The van der Waals surface area contributed by atoms with Gasteiger partial charge in [0.15, 0.2) is 6.23 Å². The monoisotopic (exact) mass is 159 g/mol. The molecule has 1 fully saturated rings. The van der Waals surface area contributed by atoms with Crippen LogP contribution < -0.4 is 0 Å². The Bertz CT molecular complexity index is 160. The first-order valence-corrected chi connectivity index (χ1v) is 3.76. The lowest BCUT2D eigenvalue weighted by atomic mass is 10.1. The van der Waals surface area contributed by atoms with Gasteiger partial charge in [0.25, 0.3) is 0 Å². The number of carbonyl (C=O) groups excluding carboxylic acids is 1. The maximum Gasteiger partial charge on any atom is 0.221 e. The van der Waals surface area contributed by atoms with Crippen molar-refractivity contribution in [3.63, 3.8) is 0 Å². The number of rotatable bonds is 0. The molecule has 0 aromatic heterocycles. The molecule has 1 aliphatic heterocycles. The Morgan fingerprint density at radius 1 is 1.55 bits per heavy atom. The van der Waals surface area contributed by atoms with Crippen LogP contribution in [0.25, 0.3) is 0 Å². The Hall–Kier alpha value is -0.610. The van der Waals surface area contributed by atoms with E-state index in [0.717, 1.165) is 6.42 Å². The van der Waals surface area contributed by atoms with E-state index < -0.39 is 12.3 Å². The van der Waals surface area contributed by atoms with Crippen LogP contribution in [0.5, 0.6) is 0 Å². The highest BCUT2D eigenvalue weighted by Crippen LogP contribution is 2.15. The van der Waals surface area contributed by atoms with Crippen molar-refractivity contribution in [2.45, 2.75) is 32.1 Å². The molecule has 2 unspecified atom stereocenters. The number of aliphatic hydroxyl groups is 2. The van der Waals surface area contributed by atoms with Crippen LogP contribution in [-0.4, -0.2) is 39.9 Å². The Kier molecular flexibility index (Phi) is 2.46. The van der Waals surface area contributed by atoms with Gasteiger partial charge in [-0.3, -0.25) is 4.79 Å². The van der Waals surface area contributed by atoms with Crippen molar-refractivity contribution >= 4 is 5.91 Å². The van der Waals surface area contributed by atoms with Gasteiger partial charge < -0.3 is 15.1 Å². The number of likely N-dealkylation sites (tertiary alicyclic amines) is 1. The van der Waals surface area contributed by atoms with Crippen LogP contribution in [0.4, 0.5) is 0 Å². The fraction of sp³-hybridized carbons (Fsp3) is 0.857. The van der Waals surface area contributed by atoms with Gasteiger partial charge in [-0.25, -0.2) is 0 Å². The summed E-state index contributed by atoms with van der Waals surface area (Å²) < 4.78 is 0. The molecule has 2 atom stereocenters. The number of hydrogen-bond acceptors (Lipinski definition) is 3. The summed E-state index contributed by atoms with van der Waals surface area (Å²) in [6.45, 7) is 1.94. The summed E-state index contributed by atoms with van der Waals surface area (Å²) in [6, 6.07) is 0. The minimum absolute atomic E-state index is 0.184. The number of aliphatic hydroxyl groups excluding tert-OH is 2. The molecule has 0 aliphatic carbocycles. The van der Waals surface area contributed by atoms with Crippen molar-refractivity contribution in [1.29, 1.82) is 0 Å². The number of nitrogens with zero attached hydrogens (tertiary/aromatic N) is 1. The van der Waals surface area contributed by atoms with Crippen LogP contribution in [0.3, 0.4) is 0 Å². The third-order valence-corrected chi connectivity index (χ3v) is 1.97. The predicted octanol–water partition coefficient (Wildman–Crippen LogP) is -0.692. The van der Waals surface area contributed by atoms with Gasteiger partial charge in [-0.15, -0.1) is 0 Å². The molecular formula is C7H13NO3. The zero-order valence-corrected chi connectivity index (χ0v) is 6.53. The Morgan fingerprint density at radius 3 is 2.64 bits per heavy atom. The van der Waals surface area contributed by atoms with Crippen molar-refractivity contribution in [2.75, 3.05) is 6.54 Å². The molecule has 4 heteroatoms. The first-order valence-electron chi connectivity index (χ1n) is 3.76. The molecule has 0 saturated carbocycles.